The number of fused-ring (bicyclic) bond motifs is 1. The number of hydrogen-bond donors (Lipinski definition) is 1. The Morgan fingerprint density at radius 1 is 1.25 bits per heavy atom. The van der Waals surface area contributed by atoms with Crippen molar-refractivity contribution in [3.05, 3.63) is 85.5 Å². The lowest BCUT2D eigenvalue weighted by Gasteiger charge is -2.22. The number of halogens is 1. The van der Waals surface area contributed by atoms with E-state index in [-0.39, 0.29) is 31.1 Å². The van der Waals surface area contributed by atoms with Crippen molar-refractivity contribution in [1.29, 1.82) is 5.26 Å². The molecule has 0 saturated heterocycles. The molecule has 10 heteroatoms. The second kappa shape index (κ2) is 10.5. The summed E-state index contributed by atoms with van der Waals surface area (Å²) < 4.78 is 21.5. The molecule has 180 valence electrons. The molecule has 0 spiro atoms. The van der Waals surface area contributed by atoms with E-state index >= 15 is 0 Å². The highest BCUT2D eigenvalue weighted by Gasteiger charge is 2.22. The predicted octanol–water partition coefficient (Wildman–Crippen LogP) is 3.89. The molecule has 2 aromatic carbocycles. The van der Waals surface area contributed by atoms with Crippen molar-refractivity contribution >= 4 is 28.4 Å². The molecule has 9 nitrogen and oxygen atoms in total. The van der Waals surface area contributed by atoms with Crippen molar-refractivity contribution in [3.63, 3.8) is 0 Å². The second-order valence-corrected chi connectivity index (χ2v) is 7.69. The van der Waals surface area contributed by atoms with Gasteiger partial charge in [0.25, 0.3) is 5.91 Å². The molecule has 4 rings (SSSR count). The van der Waals surface area contributed by atoms with Gasteiger partial charge in [-0.2, -0.15) is 10.4 Å². The van der Waals surface area contributed by atoms with Gasteiger partial charge in [-0.25, -0.2) is 19.0 Å². The van der Waals surface area contributed by atoms with Crippen LogP contribution in [0.5, 0.6) is 5.75 Å². The fourth-order valence-electron chi connectivity index (χ4n) is 3.69. The van der Waals surface area contributed by atoms with Gasteiger partial charge in [-0.05, 0) is 24.3 Å². The van der Waals surface area contributed by atoms with Crippen LogP contribution in [0.2, 0.25) is 0 Å². The maximum atomic E-state index is 14.4. The average molecular weight is 484 g/mol. The van der Waals surface area contributed by atoms with Gasteiger partial charge in [0.1, 0.15) is 47.7 Å². The van der Waals surface area contributed by atoms with Crippen molar-refractivity contribution in [2.24, 2.45) is 0 Å². The number of amides is 1. The van der Waals surface area contributed by atoms with E-state index in [9.17, 15) is 14.4 Å². The predicted molar refractivity (Wildman–Crippen MR) is 134 cm³/mol. The number of nitrogen functional groups attached to an aromatic ring is 1. The first-order valence-electron chi connectivity index (χ1n) is 10.9. The Morgan fingerprint density at radius 3 is 2.75 bits per heavy atom. The molecule has 0 saturated carbocycles. The first-order valence-corrected chi connectivity index (χ1v) is 10.9. The van der Waals surface area contributed by atoms with E-state index in [0.717, 1.165) is 0 Å². The Bertz CT molecular complexity index is 1490. The first kappa shape index (κ1) is 24.1. The van der Waals surface area contributed by atoms with Crippen molar-refractivity contribution in [2.45, 2.75) is 6.54 Å². The highest BCUT2D eigenvalue weighted by Crippen LogP contribution is 2.33. The summed E-state index contributed by atoms with van der Waals surface area (Å²) in [5.41, 5.74) is 7.77. The van der Waals surface area contributed by atoms with E-state index in [1.54, 1.807) is 47.2 Å². The zero-order valence-electron chi connectivity index (χ0n) is 19.3. The third-order valence-electron chi connectivity index (χ3n) is 5.31. The number of hydrogen-bond acceptors (Lipinski definition) is 7. The fraction of sp³-hybridized carbons (Fsp3) is 0.115. The van der Waals surface area contributed by atoms with E-state index in [0.29, 0.717) is 33.7 Å². The number of ether oxygens (including phenoxy) is 1. The van der Waals surface area contributed by atoms with E-state index in [4.69, 9.17) is 10.5 Å². The number of benzene rings is 2. The summed E-state index contributed by atoms with van der Waals surface area (Å²) in [7, 11) is 0. The summed E-state index contributed by atoms with van der Waals surface area (Å²) in [4.78, 5) is 22.7. The van der Waals surface area contributed by atoms with Crippen LogP contribution in [-0.4, -0.2) is 38.8 Å². The Labute approximate surface area is 206 Å². The summed E-state index contributed by atoms with van der Waals surface area (Å²) in [6.45, 7) is 7.71. The molecule has 2 aromatic heterocycles. The minimum atomic E-state index is -0.524. The molecule has 2 N–H and O–H groups in total. The number of para-hydroxylation sites is 1. The molecular weight excluding hydrogens is 461 g/mol. The highest BCUT2D eigenvalue weighted by molar-refractivity contribution is 6.07. The van der Waals surface area contributed by atoms with Gasteiger partial charge in [-0.1, -0.05) is 37.4 Å². The Kier molecular flexibility index (Phi) is 7.02. The van der Waals surface area contributed by atoms with Crippen LogP contribution in [0.4, 0.5) is 15.9 Å². The molecular formula is C26H22FN7O2. The number of carbonyl (C=O) groups excluding carboxylic acids is 1. The maximum absolute atomic E-state index is 14.4. The van der Waals surface area contributed by atoms with E-state index in [1.807, 2.05) is 6.07 Å². The molecule has 36 heavy (non-hydrogen) atoms. The normalized spacial score (nSPS) is 10.6. The number of nitriles is 1. The maximum Gasteiger partial charge on any atom is 0.268 e. The van der Waals surface area contributed by atoms with Crippen molar-refractivity contribution in [3.8, 4) is 23.1 Å². The first-order chi connectivity index (χ1) is 17.4. The zero-order valence-corrected chi connectivity index (χ0v) is 19.3. The Balaban J connectivity index is 1.74. The van der Waals surface area contributed by atoms with Crippen LogP contribution in [-0.2, 0) is 11.3 Å². The topological polar surface area (TPSA) is 123 Å². The van der Waals surface area contributed by atoms with E-state index in [1.165, 1.54) is 23.4 Å². The summed E-state index contributed by atoms with van der Waals surface area (Å²) in [5, 5.41) is 14.3. The number of nitrogens with two attached hydrogens (primary N) is 1. The van der Waals surface area contributed by atoms with Gasteiger partial charge in [0.05, 0.1) is 11.9 Å². The van der Waals surface area contributed by atoms with Crippen LogP contribution < -0.4 is 15.4 Å². The van der Waals surface area contributed by atoms with Crippen molar-refractivity contribution in [1.82, 2.24) is 19.7 Å². The summed E-state index contributed by atoms with van der Waals surface area (Å²) in [6.07, 6.45) is 2.86. The number of carbonyl (C=O) groups is 1. The number of rotatable bonds is 9. The number of nitrogens with zero attached hydrogens (tertiary/aromatic N) is 6. The van der Waals surface area contributed by atoms with Crippen LogP contribution >= 0.6 is 0 Å². The SMILES string of the molecule is C=CCOc1cc(F)cc(-c2nn(CCN(C(=O)C(=C)C#N)c3ccccc3)c3ncnc(N)c23)c1. The monoisotopic (exact) mass is 483 g/mol. The van der Waals surface area contributed by atoms with Crippen LogP contribution in [0.15, 0.2) is 79.7 Å². The van der Waals surface area contributed by atoms with E-state index < -0.39 is 11.7 Å². The summed E-state index contributed by atoms with van der Waals surface area (Å²) in [5.74, 6) is -0.559. The van der Waals surface area contributed by atoms with Gasteiger partial charge < -0.3 is 15.4 Å². The lowest BCUT2D eigenvalue weighted by Crippen LogP contribution is -2.34. The van der Waals surface area contributed by atoms with Crippen LogP contribution in [0, 0.1) is 17.1 Å². The van der Waals surface area contributed by atoms with Crippen LogP contribution in [0.3, 0.4) is 0 Å². The molecule has 0 fully saturated rings. The smallest absolute Gasteiger partial charge is 0.268 e. The van der Waals surface area contributed by atoms with Gasteiger partial charge in [0.2, 0.25) is 0 Å². The molecule has 0 aliphatic carbocycles. The molecule has 0 atom stereocenters. The van der Waals surface area contributed by atoms with Gasteiger partial charge in [0.15, 0.2) is 5.65 Å². The third-order valence-corrected chi connectivity index (χ3v) is 5.31. The molecule has 2 heterocycles. The van der Waals surface area contributed by atoms with Gasteiger partial charge in [-0.3, -0.25) is 4.79 Å². The van der Waals surface area contributed by atoms with E-state index in [2.05, 4.69) is 28.2 Å². The molecule has 0 aliphatic heterocycles. The third kappa shape index (κ3) is 4.90. The molecule has 0 aliphatic rings. The molecule has 1 amide bonds. The van der Waals surface area contributed by atoms with Gasteiger partial charge in [-0.15, -0.1) is 0 Å². The Hall–Kier alpha value is -5.04. The minimum Gasteiger partial charge on any atom is -0.489 e. The quantitative estimate of drug-likeness (QED) is 0.218. The molecule has 0 unspecified atom stereocenters. The minimum absolute atomic E-state index is 0.153. The fourth-order valence-corrected chi connectivity index (χ4v) is 3.69. The van der Waals surface area contributed by atoms with Crippen molar-refractivity contribution in [2.75, 3.05) is 23.8 Å². The van der Waals surface area contributed by atoms with Crippen LogP contribution in [0.25, 0.3) is 22.3 Å². The van der Waals surface area contributed by atoms with Crippen molar-refractivity contribution < 1.29 is 13.9 Å². The average Bonchev–Trinajstić information content (AvgIpc) is 3.27. The zero-order chi connectivity index (χ0) is 25.7. The standard InChI is InChI=1S/C26H22FN7O2/c1-3-11-36-21-13-18(12-19(27)14-21)23-22-24(29)30-16-31-25(22)34(32-23)10-9-33(26(35)17(2)15-28)20-7-5-4-6-8-20/h3-8,12-14,16H,1-2,9-11H2,(H2,29,30,31). The number of aromatic nitrogens is 4. The summed E-state index contributed by atoms with van der Waals surface area (Å²) in [6, 6.07) is 14.9. The highest BCUT2D eigenvalue weighted by atomic mass is 19.1. The van der Waals surface area contributed by atoms with Gasteiger partial charge >= 0.3 is 0 Å². The lowest BCUT2D eigenvalue weighted by atomic mass is 10.1. The van der Waals surface area contributed by atoms with Crippen LogP contribution in [0.1, 0.15) is 0 Å². The molecule has 0 radical (unpaired) electrons. The lowest BCUT2D eigenvalue weighted by molar-refractivity contribution is -0.114. The molecule has 4 aromatic rings. The molecule has 0 bridgehead atoms. The number of anilines is 2. The second-order valence-electron chi connectivity index (χ2n) is 7.69. The Morgan fingerprint density at radius 2 is 2.03 bits per heavy atom. The van der Waals surface area contributed by atoms with Gasteiger partial charge in [0, 0.05) is 23.9 Å². The summed E-state index contributed by atoms with van der Waals surface area (Å²) >= 11 is 0. The largest absolute Gasteiger partial charge is 0.489 e.